The van der Waals surface area contributed by atoms with Crippen molar-refractivity contribution in [2.24, 2.45) is 7.05 Å². The summed E-state index contributed by atoms with van der Waals surface area (Å²) in [6, 6.07) is 4.87. The first-order chi connectivity index (χ1) is 11.9. The van der Waals surface area contributed by atoms with Crippen molar-refractivity contribution in [1.82, 2.24) is 9.55 Å². The van der Waals surface area contributed by atoms with Gasteiger partial charge in [0.05, 0.1) is 35.3 Å². The summed E-state index contributed by atoms with van der Waals surface area (Å²) in [5.41, 5.74) is 1.02. The van der Waals surface area contributed by atoms with Crippen LogP contribution in [-0.2, 0) is 7.05 Å². The summed E-state index contributed by atoms with van der Waals surface area (Å²) in [6.07, 6.45) is 1.58. The SMILES string of the molecule is COc1cc(OC)c(Cl)c(-c2cc3cnc(Cl)cc3n(C)c2=O)c1Cl. The largest absolute Gasteiger partial charge is 0.495 e. The van der Waals surface area contributed by atoms with Crippen LogP contribution < -0.4 is 15.0 Å². The highest BCUT2D eigenvalue weighted by atomic mass is 35.5. The molecule has 3 rings (SSSR count). The van der Waals surface area contributed by atoms with E-state index in [1.165, 1.54) is 18.8 Å². The lowest BCUT2D eigenvalue weighted by Gasteiger charge is -2.16. The van der Waals surface area contributed by atoms with Crippen molar-refractivity contribution in [2.75, 3.05) is 14.2 Å². The van der Waals surface area contributed by atoms with E-state index < -0.39 is 0 Å². The molecule has 0 atom stereocenters. The highest BCUT2D eigenvalue weighted by molar-refractivity contribution is 6.41. The normalized spacial score (nSPS) is 11.0. The molecule has 0 spiro atoms. The van der Waals surface area contributed by atoms with Crippen LogP contribution in [0.1, 0.15) is 0 Å². The third-order valence-corrected chi connectivity index (χ3v) is 4.87. The average Bonchev–Trinajstić information content (AvgIpc) is 2.60. The molecule has 0 radical (unpaired) electrons. The van der Waals surface area contributed by atoms with Crippen LogP contribution in [-0.4, -0.2) is 23.8 Å². The van der Waals surface area contributed by atoms with Gasteiger partial charge in [-0.25, -0.2) is 4.98 Å². The van der Waals surface area contributed by atoms with Gasteiger partial charge in [0.25, 0.3) is 5.56 Å². The van der Waals surface area contributed by atoms with Gasteiger partial charge >= 0.3 is 0 Å². The number of halogens is 3. The van der Waals surface area contributed by atoms with Crippen molar-refractivity contribution < 1.29 is 9.47 Å². The third kappa shape index (κ3) is 2.92. The second kappa shape index (κ2) is 6.75. The van der Waals surface area contributed by atoms with Crippen molar-refractivity contribution in [3.05, 3.63) is 49.9 Å². The number of pyridine rings is 2. The molecule has 2 aromatic heterocycles. The zero-order chi connectivity index (χ0) is 18.3. The van der Waals surface area contributed by atoms with Crippen LogP contribution in [0.3, 0.4) is 0 Å². The fraction of sp³-hybridized carbons (Fsp3) is 0.176. The molecule has 0 aliphatic carbocycles. The Morgan fingerprint density at radius 1 is 1.00 bits per heavy atom. The maximum Gasteiger partial charge on any atom is 0.258 e. The van der Waals surface area contributed by atoms with E-state index in [-0.39, 0.29) is 15.6 Å². The van der Waals surface area contributed by atoms with E-state index in [0.717, 1.165) is 5.39 Å². The minimum atomic E-state index is -0.283. The molecule has 0 saturated carbocycles. The predicted molar refractivity (Wildman–Crippen MR) is 101 cm³/mol. The molecular formula is C17H13Cl3N2O3. The molecule has 0 saturated heterocycles. The molecule has 0 fully saturated rings. The van der Waals surface area contributed by atoms with E-state index in [0.29, 0.717) is 33.3 Å². The summed E-state index contributed by atoms with van der Waals surface area (Å²) in [5.74, 6) is 0.712. The molecule has 0 bridgehead atoms. The number of rotatable bonds is 3. The molecule has 3 aromatic rings. The highest BCUT2D eigenvalue weighted by Crippen LogP contribution is 2.45. The monoisotopic (exact) mass is 398 g/mol. The first-order valence-corrected chi connectivity index (χ1v) is 8.28. The zero-order valence-corrected chi connectivity index (χ0v) is 15.8. The van der Waals surface area contributed by atoms with Crippen molar-refractivity contribution in [1.29, 1.82) is 0 Å². The Kier molecular flexibility index (Phi) is 4.82. The van der Waals surface area contributed by atoms with Gasteiger partial charge in [0, 0.05) is 30.3 Å². The Labute approximate surface area is 158 Å². The number of aromatic nitrogens is 2. The third-order valence-electron chi connectivity index (χ3n) is 3.92. The van der Waals surface area contributed by atoms with Crippen LogP contribution in [0.2, 0.25) is 15.2 Å². The van der Waals surface area contributed by atoms with E-state index in [4.69, 9.17) is 44.3 Å². The number of fused-ring (bicyclic) bond motifs is 1. The standard InChI is InChI=1S/C17H13Cl3N2O3/c1-22-10-5-13(18)21-7-8(10)4-9(17(22)23)14-15(19)11(24-2)6-12(25-3)16(14)20/h4-7H,1-3H3. The number of aryl methyl sites for hydroxylation is 1. The molecule has 5 nitrogen and oxygen atoms in total. The van der Waals surface area contributed by atoms with Gasteiger partial charge in [-0.2, -0.15) is 0 Å². The lowest BCUT2D eigenvalue weighted by atomic mass is 10.0. The lowest BCUT2D eigenvalue weighted by molar-refractivity contribution is 0.395. The van der Waals surface area contributed by atoms with Crippen LogP contribution >= 0.6 is 34.8 Å². The van der Waals surface area contributed by atoms with Crippen molar-refractivity contribution in [2.45, 2.75) is 0 Å². The van der Waals surface area contributed by atoms with Gasteiger partial charge in [-0.3, -0.25) is 4.79 Å². The van der Waals surface area contributed by atoms with Gasteiger partial charge in [-0.1, -0.05) is 34.8 Å². The molecule has 2 heterocycles. The fourth-order valence-electron chi connectivity index (χ4n) is 2.64. The Morgan fingerprint density at radius 2 is 1.60 bits per heavy atom. The van der Waals surface area contributed by atoms with Gasteiger partial charge in [0.15, 0.2) is 0 Å². The summed E-state index contributed by atoms with van der Waals surface area (Å²) in [4.78, 5) is 17.0. The van der Waals surface area contributed by atoms with Crippen molar-refractivity contribution in [3.63, 3.8) is 0 Å². The Hall–Kier alpha value is -1.95. The molecule has 25 heavy (non-hydrogen) atoms. The first-order valence-electron chi connectivity index (χ1n) is 7.14. The van der Waals surface area contributed by atoms with Crippen LogP contribution in [0.5, 0.6) is 11.5 Å². The molecule has 0 aliphatic heterocycles. The summed E-state index contributed by atoms with van der Waals surface area (Å²) in [5, 5.41) is 1.48. The summed E-state index contributed by atoms with van der Waals surface area (Å²) >= 11 is 18.8. The van der Waals surface area contributed by atoms with Gasteiger partial charge in [0.1, 0.15) is 16.7 Å². The number of hydrogen-bond acceptors (Lipinski definition) is 4. The zero-order valence-electron chi connectivity index (χ0n) is 13.6. The van der Waals surface area contributed by atoms with Gasteiger partial charge in [-0.15, -0.1) is 0 Å². The van der Waals surface area contributed by atoms with E-state index in [1.807, 2.05) is 0 Å². The minimum Gasteiger partial charge on any atom is -0.495 e. The summed E-state index contributed by atoms with van der Waals surface area (Å²) in [6.45, 7) is 0. The average molecular weight is 400 g/mol. The highest BCUT2D eigenvalue weighted by Gasteiger charge is 2.22. The second-order valence-electron chi connectivity index (χ2n) is 5.27. The molecule has 0 N–H and O–H groups in total. The molecule has 0 amide bonds. The number of benzene rings is 1. The van der Waals surface area contributed by atoms with Crippen LogP contribution in [0.25, 0.3) is 22.0 Å². The topological polar surface area (TPSA) is 53.4 Å². The van der Waals surface area contributed by atoms with Gasteiger partial charge in [-0.05, 0) is 12.1 Å². The molecule has 1 aromatic carbocycles. The second-order valence-corrected chi connectivity index (χ2v) is 6.42. The maximum atomic E-state index is 12.9. The number of nitrogens with zero attached hydrogens (tertiary/aromatic N) is 2. The fourth-order valence-corrected chi connectivity index (χ4v) is 3.50. The molecule has 130 valence electrons. The number of ether oxygens (including phenoxy) is 2. The summed E-state index contributed by atoms with van der Waals surface area (Å²) in [7, 11) is 4.59. The quantitative estimate of drug-likeness (QED) is 0.605. The first kappa shape index (κ1) is 17.9. The van der Waals surface area contributed by atoms with Crippen LogP contribution in [0.4, 0.5) is 0 Å². The maximum absolute atomic E-state index is 12.9. The van der Waals surface area contributed by atoms with Crippen LogP contribution in [0, 0.1) is 0 Å². The van der Waals surface area contributed by atoms with Crippen molar-refractivity contribution in [3.8, 4) is 22.6 Å². The lowest BCUT2D eigenvalue weighted by Crippen LogP contribution is -2.19. The summed E-state index contributed by atoms with van der Waals surface area (Å²) < 4.78 is 12.0. The Morgan fingerprint density at radius 3 is 2.16 bits per heavy atom. The minimum absolute atomic E-state index is 0.228. The Bertz CT molecular complexity index is 1020. The van der Waals surface area contributed by atoms with Gasteiger partial charge in [0.2, 0.25) is 0 Å². The molecular weight excluding hydrogens is 387 g/mol. The van der Waals surface area contributed by atoms with E-state index in [1.54, 1.807) is 31.4 Å². The molecule has 8 heteroatoms. The van der Waals surface area contributed by atoms with Crippen LogP contribution in [0.15, 0.2) is 29.2 Å². The molecule has 0 unspecified atom stereocenters. The van der Waals surface area contributed by atoms with E-state index in [2.05, 4.69) is 4.98 Å². The smallest absolute Gasteiger partial charge is 0.258 e. The number of hydrogen-bond donors (Lipinski definition) is 0. The number of methoxy groups -OCH3 is 2. The van der Waals surface area contributed by atoms with Gasteiger partial charge < -0.3 is 14.0 Å². The van der Waals surface area contributed by atoms with E-state index in [9.17, 15) is 4.79 Å². The van der Waals surface area contributed by atoms with E-state index >= 15 is 0 Å². The molecule has 0 aliphatic rings. The predicted octanol–water partition coefficient (Wildman–Crippen LogP) is 4.58. The Balaban J connectivity index is 2.43. The van der Waals surface area contributed by atoms with Crippen molar-refractivity contribution >= 4 is 45.7 Å².